The molecule has 7 heteroatoms. The first-order valence-electron chi connectivity index (χ1n) is 5.39. The van der Waals surface area contributed by atoms with Crippen molar-refractivity contribution < 1.29 is 13.6 Å². The molecule has 0 bridgehead atoms. The fourth-order valence-corrected chi connectivity index (χ4v) is 2.23. The van der Waals surface area contributed by atoms with Crippen LogP contribution >= 0.6 is 27.5 Å². The van der Waals surface area contributed by atoms with Crippen LogP contribution in [0.4, 0.5) is 20.2 Å². The van der Waals surface area contributed by atoms with Crippen molar-refractivity contribution in [1.82, 2.24) is 0 Å². The maximum Gasteiger partial charge on any atom is 0.257 e. The van der Waals surface area contributed by atoms with Gasteiger partial charge < -0.3 is 11.1 Å². The van der Waals surface area contributed by atoms with Crippen LogP contribution < -0.4 is 11.1 Å². The Bertz CT molecular complexity index is 671. The Morgan fingerprint density at radius 1 is 1.20 bits per heavy atom. The lowest BCUT2D eigenvalue weighted by atomic mass is 10.2. The van der Waals surface area contributed by atoms with Crippen molar-refractivity contribution in [3.8, 4) is 0 Å². The molecule has 0 spiro atoms. The van der Waals surface area contributed by atoms with E-state index >= 15 is 0 Å². The first-order chi connectivity index (χ1) is 9.38. The van der Waals surface area contributed by atoms with Crippen LogP contribution in [0.2, 0.25) is 5.02 Å². The average molecular weight is 362 g/mol. The van der Waals surface area contributed by atoms with Crippen molar-refractivity contribution in [3.05, 3.63) is 57.0 Å². The Balaban J connectivity index is 2.33. The lowest BCUT2D eigenvalue weighted by Crippen LogP contribution is -2.15. The van der Waals surface area contributed by atoms with Crippen molar-refractivity contribution in [2.75, 3.05) is 11.1 Å². The fraction of sp³-hybridized carbons (Fsp3) is 0. The van der Waals surface area contributed by atoms with E-state index < -0.39 is 23.2 Å². The van der Waals surface area contributed by atoms with Crippen LogP contribution in [-0.4, -0.2) is 5.91 Å². The number of rotatable bonds is 2. The summed E-state index contributed by atoms with van der Waals surface area (Å²) < 4.78 is 27.5. The van der Waals surface area contributed by atoms with E-state index in [0.29, 0.717) is 5.69 Å². The molecule has 3 N–H and O–H groups in total. The molecule has 0 heterocycles. The highest BCUT2D eigenvalue weighted by atomic mass is 79.9. The minimum absolute atomic E-state index is 0.0718. The summed E-state index contributed by atoms with van der Waals surface area (Å²) in [6, 6.07) is 6.31. The molecule has 0 atom stereocenters. The monoisotopic (exact) mass is 360 g/mol. The van der Waals surface area contributed by atoms with Crippen LogP contribution in [0.5, 0.6) is 0 Å². The van der Waals surface area contributed by atoms with Crippen LogP contribution in [0.15, 0.2) is 34.8 Å². The van der Waals surface area contributed by atoms with Gasteiger partial charge in [0.1, 0.15) is 5.69 Å². The zero-order valence-corrected chi connectivity index (χ0v) is 12.2. The second-order valence-electron chi connectivity index (χ2n) is 3.94. The molecule has 3 nitrogen and oxygen atoms in total. The molecule has 0 saturated carbocycles. The molecule has 0 unspecified atom stereocenters. The molecular weight excluding hydrogens is 354 g/mol. The third-order valence-corrected chi connectivity index (χ3v) is 3.25. The van der Waals surface area contributed by atoms with E-state index in [9.17, 15) is 13.6 Å². The summed E-state index contributed by atoms with van der Waals surface area (Å²) in [6.07, 6.45) is 0. The van der Waals surface area contributed by atoms with Gasteiger partial charge in [0.2, 0.25) is 0 Å². The summed E-state index contributed by atoms with van der Waals surface area (Å²) in [5, 5.41) is 2.24. The molecule has 0 aliphatic heterocycles. The molecule has 0 aromatic heterocycles. The van der Waals surface area contributed by atoms with Gasteiger partial charge in [-0.2, -0.15) is 0 Å². The Labute approximate surface area is 126 Å². The number of amides is 1. The number of hydrogen-bond acceptors (Lipinski definition) is 2. The van der Waals surface area contributed by atoms with Gasteiger partial charge in [-0.25, -0.2) is 8.78 Å². The van der Waals surface area contributed by atoms with Gasteiger partial charge in [-0.15, -0.1) is 0 Å². The molecule has 0 aliphatic rings. The number of nitrogens with one attached hydrogen (secondary N) is 1. The van der Waals surface area contributed by atoms with E-state index in [1.807, 2.05) is 0 Å². The van der Waals surface area contributed by atoms with Crippen LogP contribution in [0, 0.1) is 11.6 Å². The Morgan fingerprint density at radius 3 is 2.35 bits per heavy atom. The van der Waals surface area contributed by atoms with Crippen LogP contribution in [0.1, 0.15) is 10.4 Å². The van der Waals surface area contributed by atoms with E-state index in [1.165, 1.54) is 18.2 Å². The molecular formula is C13H8BrClF2N2O. The first kappa shape index (κ1) is 14.7. The van der Waals surface area contributed by atoms with Gasteiger partial charge in [0.25, 0.3) is 5.91 Å². The summed E-state index contributed by atoms with van der Waals surface area (Å²) in [6.45, 7) is 0. The minimum Gasteiger partial charge on any atom is -0.399 e. The van der Waals surface area contributed by atoms with Crippen LogP contribution in [0.3, 0.4) is 0 Å². The maximum absolute atomic E-state index is 13.6. The molecule has 0 radical (unpaired) electrons. The summed E-state index contributed by atoms with van der Waals surface area (Å²) >= 11 is 8.81. The van der Waals surface area contributed by atoms with Gasteiger partial charge in [0.05, 0.1) is 10.6 Å². The molecule has 0 aliphatic carbocycles. The normalized spacial score (nSPS) is 10.4. The van der Waals surface area contributed by atoms with E-state index in [0.717, 1.165) is 12.1 Å². The van der Waals surface area contributed by atoms with Gasteiger partial charge in [0.15, 0.2) is 11.6 Å². The summed E-state index contributed by atoms with van der Waals surface area (Å²) in [5.41, 5.74) is 5.42. The number of halogens is 4. The standard InChI is InChI=1S/C13H8BrClF2N2O/c14-6-3-10(16)12(11(17)4-6)19-13(20)8-2-1-7(18)5-9(8)15/h1-5H,18H2,(H,19,20). The maximum atomic E-state index is 13.6. The molecule has 20 heavy (non-hydrogen) atoms. The van der Waals surface area contributed by atoms with Crippen molar-refractivity contribution in [2.24, 2.45) is 0 Å². The molecule has 2 aromatic rings. The van der Waals surface area contributed by atoms with Crippen molar-refractivity contribution in [2.45, 2.75) is 0 Å². The average Bonchev–Trinajstić information content (AvgIpc) is 2.33. The van der Waals surface area contributed by atoms with E-state index in [1.54, 1.807) is 0 Å². The molecule has 0 saturated heterocycles. The third-order valence-electron chi connectivity index (χ3n) is 2.48. The molecule has 2 aromatic carbocycles. The molecule has 2 rings (SSSR count). The highest BCUT2D eigenvalue weighted by molar-refractivity contribution is 9.10. The van der Waals surface area contributed by atoms with Gasteiger partial charge in [-0.05, 0) is 30.3 Å². The largest absolute Gasteiger partial charge is 0.399 e. The van der Waals surface area contributed by atoms with Gasteiger partial charge in [-0.1, -0.05) is 27.5 Å². The summed E-state index contributed by atoms with van der Waals surface area (Å²) in [7, 11) is 0. The SMILES string of the molecule is Nc1ccc(C(=O)Nc2c(F)cc(Br)cc2F)c(Cl)c1. The van der Waals surface area contributed by atoms with Gasteiger partial charge in [-0.3, -0.25) is 4.79 Å². The Hall–Kier alpha value is -1.66. The van der Waals surface area contributed by atoms with Crippen molar-refractivity contribution in [3.63, 3.8) is 0 Å². The smallest absolute Gasteiger partial charge is 0.257 e. The topological polar surface area (TPSA) is 55.1 Å². The number of benzene rings is 2. The van der Waals surface area contributed by atoms with E-state index in [-0.39, 0.29) is 15.1 Å². The van der Waals surface area contributed by atoms with Gasteiger partial charge in [0, 0.05) is 10.2 Å². The third kappa shape index (κ3) is 3.08. The number of carbonyl (C=O) groups excluding carboxylic acids is 1. The van der Waals surface area contributed by atoms with Crippen LogP contribution in [-0.2, 0) is 0 Å². The van der Waals surface area contributed by atoms with Gasteiger partial charge >= 0.3 is 0 Å². The first-order valence-corrected chi connectivity index (χ1v) is 6.56. The number of anilines is 2. The van der Waals surface area contributed by atoms with Crippen LogP contribution in [0.25, 0.3) is 0 Å². The van der Waals surface area contributed by atoms with Crippen molar-refractivity contribution in [1.29, 1.82) is 0 Å². The number of nitrogen functional groups attached to an aromatic ring is 1. The summed E-state index contributed by atoms with van der Waals surface area (Å²) in [4.78, 5) is 12.0. The second kappa shape index (κ2) is 5.76. The highest BCUT2D eigenvalue weighted by Gasteiger charge is 2.16. The predicted molar refractivity (Wildman–Crippen MR) is 77.9 cm³/mol. The van der Waals surface area contributed by atoms with E-state index in [4.69, 9.17) is 17.3 Å². The summed E-state index contributed by atoms with van der Waals surface area (Å²) in [5.74, 6) is -2.51. The quantitative estimate of drug-likeness (QED) is 0.787. The lowest BCUT2D eigenvalue weighted by molar-refractivity contribution is 0.102. The zero-order chi connectivity index (χ0) is 14.9. The minimum atomic E-state index is -0.892. The molecule has 104 valence electrons. The fourth-order valence-electron chi connectivity index (χ4n) is 1.56. The molecule has 0 fully saturated rings. The Kier molecular flexibility index (Phi) is 4.25. The van der Waals surface area contributed by atoms with Crippen molar-refractivity contribution >= 4 is 44.8 Å². The lowest BCUT2D eigenvalue weighted by Gasteiger charge is -2.09. The predicted octanol–water partition coefficient (Wildman–Crippen LogP) is 4.22. The number of hydrogen-bond donors (Lipinski definition) is 2. The highest BCUT2D eigenvalue weighted by Crippen LogP contribution is 2.26. The number of carbonyl (C=O) groups is 1. The second-order valence-corrected chi connectivity index (χ2v) is 5.26. The zero-order valence-electron chi connectivity index (χ0n) is 9.88. The Morgan fingerprint density at radius 2 is 1.80 bits per heavy atom. The van der Waals surface area contributed by atoms with E-state index in [2.05, 4.69) is 21.2 Å². The molecule has 1 amide bonds. The number of nitrogens with two attached hydrogens (primary N) is 1.